The Morgan fingerprint density at radius 2 is 1.90 bits per heavy atom. The molecule has 2 heterocycles. The minimum atomic E-state index is -3.18. The van der Waals surface area contributed by atoms with Crippen LogP contribution in [0.3, 0.4) is 0 Å². The van der Waals surface area contributed by atoms with Crippen LogP contribution in [-0.2, 0) is 19.5 Å². The molecule has 0 amide bonds. The van der Waals surface area contributed by atoms with Crippen LogP contribution in [0.15, 0.2) is 0 Å². The molecule has 2 aliphatic heterocycles. The summed E-state index contributed by atoms with van der Waals surface area (Å²) in [6.07, 6.45) is 4.70. The largest absolute Gasteiger partial charge is 0.378 e. The predicted molar refractivity (Wildman–Crippen MR) is 82.8 cm³/mol. The van der Waals surface area contributed by atoms with E-state index in [0.29, 0.717) is 25.6 Å². The van der Waals surface area contributed by atoms with Gasteiger partial charge in [-0.15, -0.1) is 0 Å². The summed E-state index contributed by atoms with van der Waals surface area (Å²) in [4.78, 5) is 0. The van der Waals surface area contributed by atoms with Crippen molar-refractivity contribution in [1.82, 2.24) is 4.31 Å². The maximum Gasteiger partial charge on any atom is 0.216 e. The lowest BCUT2D eigenvalue weighted by Gasteiger charge is -2.33. The normalized spacial score (nSPS) is 26.3. The first-order valence-corrected chi connectivity index (χ1v) is 9.79. The van der Waals surface area contributed by atoms with Gasteiger partial charge in [-0.1, -0.05) is 13.8 Å². The summed E-state index contributed by atoms with van der Waals surface area (Å²) >= 11 is 0. The summed E-state index contributed by atoms with van der Waals surface area (Å²) in [6, 6.07) is 0. The van der Waals surface area contributed by atoms with Gasteiger partial charge in [0, 0.05) is 26.3 Å². The Morgan fingerprint density at radius 3 is 2.48 bits per heavy atom. The molecule has 2 aliphatic rings. The van der Waals surface area contributed by atoms with Crippen molar-refractivity contribution in [3.63, 3.8) is 0 Å². The van der Waals surface area contributed by atoms with Crippen LogP contribution in [0.25, 0.3) is 0 Å². The average Bonchev–Trinajstić information content (AvgIpc) is 2.46. The van der Waals surface area contributed by atoms with Crippen molar-refractivity contribution in [2.24, 2.45) is 5.92 Å². The third-order valence-electron chi connectivity index (χ3n) is 4.13. The summed E-state index contributed by atoms with van der Waals surface area (Å²) in [5.41, 5.74) is 0. The van der Waals surface area contributed by atoms with Crippen molar-refractivity contribution in [3.8, 4) is 0 Å². The van der Waals surface area contributed by atoms with E-state index in [-0.39, 0.29) is 18.0 Å². The van der Waals surface area contributed by atoms with E-state index in [0.717, 1.165) is 38.7 Å². The summed E-state index contributed by atoms with van der Waals surface area (Å²) < 4.78 is 37.9. The standard InChI is InChI=1S/C15H29NO4S/c1-13(2)11-20-14-6-8-16(9-7-14)21(17,18)12-15-5-3-4-10-19-15/h13-15H,3-12H2,1-2H3. The zero-order valence-corrected chi connectivity index (χ0v) is 14.1. The van der Waals surface area contributed by atoms with E-state index in [1.807, 2.05) is 0 Å². The van der Waals surface area contributed by atoms with E-state index in [4.69, 9.17) is 9.47 Å². The topological polar surface area (TPSA) is 55.8 Å². The van der Waals surface area contributed by atoms with Gasteiger partial charge in [-0.3, -0.25) is 0 Å². The van der Waals surface area contributed by atoms with Gasteiger partial charge < -0.3 is 9.47 Å². The van der Waals surface area contributed by atoms with Gasteiger partial charge in [0.05, 0.1) is 18.0 Å². The van der Waals surface area contributed by atoms with Gasteiger partial charge in [-0.05, 0) is 38.0 Å². The lowest BCUT2D eigenvalue weighted by molar-refractivity contribution is 0.00660. The number of hydrogen-bond donors (Lipinski definition) is 0. The van der Waals surface area contributed by atoms with E-state index < -0.39 is 10.0 Å². The van der Waals surface area contributed by atoms with Crippen molar-refractivity contribution in [1.29, 1.82) is 0 Å². The first-order chi connectivity index (χ1) is 9.97. The second-order valence-corrected chi connectivity index (χ2v) is 8.61. The van der Waals surface area contributed by atoms with E-state index in [9.17, 15) is 8.42 Å². The van der Waals surface area contributed by atoms with Gasteiger partial charge in [0.1, 0.15) is 0 Å². The molecule has 5 nitrogen and oxygen atoms in total. The Hall–Kier alpha value is -0.170. The highest BCUT2D eigenvalue weighted by Gasteiger charge is 2.31. The van der Waals surface area contributed by atoms with Crippen LogP contribution in [0.1, 0.15) is 46.0 Å². The van der Waals surface area contributed by atoms with Gasteiger partial charge in [0.25, 0.3) is 0 Å². The highest BCUT2D eigenvalue weighted by Crippen LogP contribution is 2.21. The van der Waals surface area contributed by atoms with Crippen LogP contribution >= 0.6 is 0 Å². The van der Waals surface area contributed by atoms with E-state index >= 15 is 0 Å². The van der Waals surface area contributed by atoms with Gasteiger partial charge >= 0.3 is 0 Å². The fraction of sp³-hybridized carbons (Fsp3) is 1.00. The number of sulfonamides is 1. The number of rotatable bonds is 6. The molecule has 124 valence electrons. The van der Waals surface area contributed by atoms with Crippen molar-refractivity contribution >= 4 is 10.0 Å². The highest BCUT2D eigenvalue weighted by atomic mass is 32.2. The molecule has 0 aromatic carbocycles. The molecule has 0 spiro atoms. The van der Waals surface area contributed by atoms with Crippen LogP contribution in [0.4, 0.5) is 0 Å². The molecule has 1 atom stereocenters. The predicted octanol–water partition coefficient (Wildman–Crippen LogP) is 2.02. The maximum absolute atomic E-state index is 12.4. The third kappa shape index (κ3) is 5.51. The fourth-order valence-electron chi connectivity index (χ4n) is 2.88. The second-order valence-electron chi connectivity index (χ2n) is 6.59. The van der Waals surface area contributed by atoms with Gasteiger partial charge in [-0.25, -0.2) is 12.7 Å². The third-order valence-corrected chi connectivity index (χ3v) is 6.08. The van der Waals surface area contributed by atoms with Crippen LogP contribution < -0.4 is 0 Å². The van der Waals surface area contributed by atoms with E-state index in [1.54, 1.807) is 4.31 Å². The lowest BCUT2D eigenvalue weighted by atomic mass is 10.1. The number of piperidine rings is 1. The Balaban J connectivity index is 1.77. The molecule has 2 rings (SSSR count). The monoisotopic (exact) mass is 319 g/mol. The molecule has 21 heavy (non-hydrogen) atoms. The van der Waals surface area contributed by atoms with Crippen molar-refractivity contribution < 1.29 is 17.9 Å². The van der Waals surface area contributed by atoms with E-state index in [2.05, 4.69) is 13.8 Å². The van der Waals surface area contributed by atoms with Gasteiger partial charge in [0.2, 0.25) is 10.0 Å². The summed E-state index contributed by atoms with van der Waals surface area (Å²) in [5.74, 6) is 0.667. The molecule has 0 N–H and O–H groups in total. The lowest BCUT2D eigenvalue weighted by Crippen LogP contribution is -2.44. The Labute approximate surface area is 129 Å². The second kappa shape index (κ2) is 7.90. The fourth-order valence-corrected chi connectivity index (χ4v) is 4.60. The molecule has 2 fully saturated rings. The molecular formula is C15H29NO4S. The molecule has 0 aromatic heterocycles. The molecule has 0 radical (unpaired) electrons. The van der Waals surface area contributed by atoms with Gasteiger partial charge in [-0.2, -0.15) is 0 Å². The minimum absolute atomic E-state index is 0.112. The molecule has 2 saturated heterocycles. The van der Waals surface area contributed by atoms with Crippen LogP contribution in [0, 0.1) is 5.92 Å². The Bertz CT molecular complexity index is 396. The first-order valence-electron chi connectivity index (χ1n) is 8.18. The Kier molecular flexibility index (Phi) is 6.47. The average molecular weight is 319 g/mol. The van der Waals surface area contributed by atoms with Gasteiger partial charge in [0.15, 0.2) is 0 Å². The first kappa shape index (κ1) is 17.2. The van der Waals surface area contributed by atoms with Crippen molar-refractivity contribution in [3.05, 3.63) is 0 Å². The zero-order valence-electron chi connectivity index (χ0n) is 13.3. The number of ether oxygens (including phenoxy) is 2. The zero-order chi connectivity index (χ0) is 15.3. The van der Waals surface area contributed by atoms with Crippen LogP contribution in [0.5, 0.6) is 0 Å². The minimum Gasteiger partial charge on any atom is -0.378 e. The molecule has 6 heteroatoms. The molecule has 1 unspecified atom stereocenters. The van der Waals surface area contributed by atoms with Crippen molar-refractivity contribution in [2.75, 3.05) is 32.1 Å². The molecule has 0 aromatic rings. The van der Waals surface area contributed by atoms with Crippen molar-refractivity contribution in [2.45, 2.75) is 58.2 Å². The van der Waals surface area contributed by atoms with Crippen LogP contribution in [-0.4, -0.2) is 57.0 Å². The van der Waals surface area contributed by atoms with E-state index in [1.165, 1.54) is 0 Å². The highest BCUT2D eigenvalue weighted by molar-refractivity contribution is 7.89. The molecule has 0 aliphatic carbocycles. The molecular weight excluding hydrogens is 290 g/mol. The number of nitrogens with zero attached hydrogens (tertiary/aromatic N) is 1. The Morgan fingerprint density at radius 1 is 1.19 bits per heavy atom. The van der Waals surface area contributed by atoms with Crippen LogP contribution in [0.2, 0.25) is 0 Å². The summed E-state index contributed by atoms with van der Waals surface area (Å²) in [5, 5.41) is 0. The number of hydrogen-bond acceptors (Lipinski definition) is 4. The molecule has 0 saturated carbocycles. The SMILES string of the molecule is CC(C)COC1CCN(S(=O)(=O)CC2CCCCO2)CC1. The summed E-state index contributed by atoms with van der Waals surface area (Å²) in [7, 11) is -3.18. The maximum atomic E-state index is 12.4. The quantitative estimate of drug-likeness (QED) is 0.751. The smallest absolute Gasteiger partial charge is 0.216 e. The summed E-state index contributed by atoms with van der Waals surface area (Å²) in [6.45, 7) is 6.88. The molecule has 0 bridgehead atoms.